The van der Waals surface area contributed by atoms with E-state index in [0.29, 0.717) is 15.9 Å². The standard InChI is InChI=1S/C24H34O2S2/c1-21-11-12-24(27-13-14-28-24)15-16(21)3-4-17-18(21)5-8-22(2)19(17)6-9-23(22)10-7-20(25)26-23/h15,17-19H,3-14H2,1-2H3/t17-,18+,19+,21+,22+,23-/m1/s1. The molecule has 0 amide bonds. The minimum atomic E-state index is -0.121. The molecule has 0 unspecified atom stereocenters. The van der Waals surface area contributed by atoms with Crippen LogP contribution in [-0.2, 0) is 9.53 Å². The minimum Gasteiger partial charge on any atom is -0.458 e. The molecule has 28 heavy (non-hydrogen) atoms. The fourth-order valence-corrected chi connectivity index (χ4v) is 11.8. The lowest BCUT2D eigenvalue weighted by molar-refractivity contribution is -0.168. The van der Waals surface area contributed by atoms with Crippen molar-refractivity contribution in [2.24, 2.45) is 28.6 Å². The van der Waals surface area contributed by atoms with Gasteiger partial charge in [0, 0.05) is 23.3 Å². The van der Waals surface area contributed by atoms with E-state index in [1.54, 1.807) is 0 Å². The zero-order chi connectivity index (χ0) is 19.2. The maximum Gasteiger partial charge on any atom is 0.306 e. The first kappa shape index (κ1) is 18.7. The van der Waals surface area contributed by atoms with E-state index in [2.05, 4.69) is 43.4 Å². The molecule has 4 aliphatic carbocycles. The number of carbonyl (C=O) groups is 1. The van der Waals surface area contributed by atoms with Crippen molar-refractivity contribution in [3.8, 4) is 0 Å². The molecular formula is C24H34O2S2. The van der Waals surface area contributed by atoms with Gasteiger partial charge < -0.3 is 4.74 Å². The van der Waals surface area contributed by atoms with E-state index in [-0.39, 0.29) is 17.0 Å². The number of ether oxygens (including phenoxy) is 1. The van der Waals surface area contributed by atoms with Crippen molar-refractivity contribution in [2.75, 3.05) is 11.5 Å². The Kier molecular flexibility index (Phi) is 3.99. The first-order chi connectivity index (χ1) is 13.4. The predicted octanol–water partition coefficient (Wildman–Crippen LogP) is 6.20. The average Bonchev–Trinajstić information content (AvgIpc) is 3.36. The molecule has 0 aromatic carbocycles. The molecule has 2 saturated heterocycles. The Hall–Kier alpha value is -0.0900. The minimum absolute atomic E-state index is 0.0639. The number of thioether (sulfide) groups is 2. The topological polar surface area (TPSA) is 26.3 Å². The Bertz CT molecular complexity index is 741. The summed E-state index contributed by atoms with van der Waals surface area (Å²) in [6.07, 6.45) is 14.9. The zero-order valence-electron chi connectivity index (χ0n) is 17.4. The Morgan fingerprint density at radius 2 is 1.71 bits per heavy atom. The summed E-state index contributed by atoms with van der Waals surface area (Å²) in [6, 6.07) is 0. The summed E-state index contributed by atoms with van der Waals surface area (Å²) in [5.74, 6) is 5.19. The summed E-state index contributed by atoms with van der Waals surface area (Å²) in [5.41, 5.74) is 2.35. The molecule has 0 radical (unpaired) electrons. The molecule has 0 N–H and O–H groups in total. The fourth-order valence-electron chi connectivity index (χ4n) is 8.67. The Morgan fingerprint density at radius 3 is 2.46 bits per heavy atom. The highest BCUT2D eigenvalue weighted by Gasteiger charge is 2.67. The summed E-state index contributed by atoms with van der Waals surface area (Å²) < 4.78 is 6.52. The number of hydrogen-bond acceptors (Lipinski definition) is 4. The second-order valence-electron chi connectivity index (χ2n) is 11.0. The molecule has 6 aliphatic rings. The van der Waals surface area contributed by atoms with Crippen LogP contribution in [0.15, 0.2) is 11.6 Å². The number of esters is 1. The molecule has 6 atom stereocenters. The first-order valence-electron chi connectivity index (χ1n) is 11.6. The summed E-state index contributed by atoms with van der Waals surface area (Å²) in [5, 5.41) is 0. The second-order valence-corrected chi connectivity index (χ2v) is 14.1. The summed E-state index contributed by atoms with van der Waals surface area (Å²) in [4.78, 5) is 12.0. The van der Waals surface area contributed by atoms with Crippen molar-refractivity contribution in [3.05, 3.63) is 11.6 Å². The molecule has 3 saturated carbocycles. The van der Waals surface area contributed by atoms with E-state index in [1.807, 2.05) is 5.57 Å². The van der Waals surface area contributed by atoms with Crippen molar-refractivity contribution < 1.29 is 9.53 Å². The molecule has 2 heterocycles. The summed E-state index contributed by atoms with van der Waals surface area (Å²) in [7, 11) is 0. The van der Waals surface area contributed by atoms with Crippen LogP contribution in [0.5, 0.6) is 0 Å². The summed E-state index contributed by atoms with van der Waals surface area (Å²) >= 11 is 4.43. The second kappa shape index (κ2) is 5.99. The highest BCUT2D eigenvalue weighted by atomic mass is 32.2. The number of hydrogen-bond donors (Lipinski definition) is 0. The van der Waals surface area contributed by atoms with E-state index >= 15 is 0 Å². The molecular weight excluding hydrogens is 384 g/mol. The van der Waals surface area contributed by atoms with Gasteiger partial charge in [0.25, 0.3) is 0 Å². The van der Waals surface area contributed by atoms with Crippen molar-refractivity contribution in [1.82, 2.24) is 0 Å². The highest BCUT2D eigenvalue weighted by molar-refractivity contribution is 8.21. The van der Waals surface area contributed by atoms with Crippen LogP contribution in [0.4, 0.5) is 0 Å². The van der Waals surface area contributed by atoms with Crippen molar-refractivity contribution >= 4 is 29.5 Å². The molecule has 5 fully saturated rings. The lowest BCUT2D eigenvalue weighted by Gasteiger charge is -2.60. The molecule has 2 spiro atoms. The van der Waals surface area contributed by atoms with Gasteiger partial charge in [-0.1, -0.05) is 25.5 Å². The van der Waals surface area contributed by atoms with E-state index in [4.69, 9.17) is 4.74 Å². The van der Waals surface area contributed by atoms with Crippen LogP contribution >= 0.6 is 23.5 Å². The van der Waals surface area contributed by atoms with Gasteiger partial charge in [-0.15, -0.1) is 23.5 Å². The Balaban J connectivity index is 1.32. The summed E-state index contributed by atoms with van der Waals surface area (Å²) in [6.45, 7) is 5.12. The van der Waals surface area contributed by atoms with E-state index in [1.165, 1.54) is 56.5 Å². The van der Waals surface area contributed by atoms with Gasteiger partial charge in [-0.2, -0.15) is 0 Å². The van der Waals surface area contributed by atoms with Crippen LogP contribution in [0.2, 0.25) is 0 Å². The molecule has 2 aliphatic heterocycles. The fraction of sp³-hybridized carbons (Fsp3) is 0.875. The van der Waals surface area contributed by atoms with Crippen LogP contribution in [0.1, 0.15) is 78.1 Å². The van der Waals surface area contributed by atoms with Gasteiger partial charge in [-0.3, -0.25) is 4.79 Å². The SMILES string of the molecule is C[C@]12CCC3(C=C1CC[C@@H]1[C@@H]2CC[C@@]2(C)[C@H]1CC[C@@]21CCC(=O)O1)SCCS3. The van der Waals surface area contributed by atoms with Crippen LogP contribution in [0, 0.1) is 28.6 Å². The third kappa shape index (κ3) is 2.28. The van der Waals surface area contributed by atoms with Crippen LogP contribution < -0.4 is 0 Å². The van der Waals surface area contributed by atoms with Gasteiger partial charge >= 0.3 is 5.97 Å². The van der Waals surface area contributed by atoms with E-state index < -0.39 is 0 Å². The van der Waals surface area contributed by atoms with Gasteiger partial charge in [0.15, 0.2) is 0 Å². The van der Waals surface area contributed by atoms with Gasteiger partial charge in [0.2, 0.25) is 0 Å². The van der Waals surface area contributed by atoms with Gasteiger partial charge in [-0.05, 0) is 81.0 Å². The smallest absolute Gasteiger partial charge is 0.306 e. The molecule has 4 heteroatoms. The molecule has 6 rings (SSSR count). The molecule has 0 aromatic heterocycles. The quantitative estimate of drug-likeness (QED) is 0.345. The maximum atomic E-state index is 12.0. The normalized spacial score (nSPS) is 51.6. The van der Waals surface area contributed by atoms with E-state index in [0.717, 1.165) is 30.6 Å². The maximum absolute atomic E-state index is 12.0. The zero-order valence-corrected chi connectivity index (χ0v) is 19.1. The van der Waals surface area contributed by atoms with Gasteiger partial charge in [0.1, 0.15) is 5.60 Å². The number of carbonyl (C=O) groups excluding carboxylic acids is 1. The van der Waals surface area contributed by atoms with Crippen LogP contribution in [0.25, 0.3) is 0 Å². The average molecular weight is 419 g/mol. The largest absolute Gasteiger partial charge is 0.458 e. The molecule has 0 aromatic rings. The molecule has 0 bridgehead atoms. The number of fused-ring (bicyclic) bond motifs is 6. The van der Waals surface area contributed by atoms with Crippen molar-refractivity contribution in [3.63, 3.8) is 0 Å². The van der Waals surface area contributed by atoms with Crippen molar-refractivity contribution in [2.45, 2.75) is 87.7 Å². The van der Waals surface area contributed by atoms with Crippen LogP contribution in [0.3, 0.4) is 0 Å². The van der Waals surface area contributed by atoms with E-state index in [9.17, 15) is 4.79 Å². The third-order valence-corrected chi connectivity index (χ3v) is 13.6. The first-order valence-corrected chi connectivity index (χ1v) is 13.6. The number of allylic oxidation sites excluding steroid dienone is 1. The predicted molar refractivity (Wildman–Crippen MR) is 117 cm³/mol. The highest BCUT2D eigenvalue weighted by Crippen LogP contribution is 2.71. The number of rotatable bonds is 0. The van der Waals surface area contributed by atoms with Gasteiger partial charge in [0.05, 0.1) is 4.08 Å². The molecule has 154 valence electrons. The Morgan fingerprint density at radius 1 is 0.929 bits per heavy atom. The van der Waals surface area contributed by atoms with Gasteiger partial charge in [-0.25, -0.2) is 0 Å². The monoisotopic (exact) mass is 418 g/mol. The van der Waals surface area contributed by atoms with Crippen molar-refractivity contribution in [1.29, 1.82) is 0 Å². The van der Waals surface area contributed by atoms with Crippen LogP contribution in [-0.4, -0.2) is 27.2 Å². The lowest BCUT2D eigenvalue weighted by Crippen LogP contribution is -2.55. The third-order valence-electron chi connectivity index (χ3n) is 10.2. The lowest BCUT2D eigenvalue weighted by atomic mass is 9.46. The Labute approximate surface area is 178 Å². The molecule has 2 nitrogen and oxygen atoms in total.